The first-order chi connectivity index (χ1) is 10.1. The maximum Gasteiger partial charge on any atom is 0.107 e. The van der Waals surface area contributed by atoms with Crippen molar-refractivity contribution in [2.45, 2.75) is 6.04 Å². The number of rotatable bonds is 3. The highest BCUT2D eigenvalue weighted by molar-refractivity contribution is 9.10. The van der Waals surface area contributed by atoms with Gasteiger partial charge in [-0.15, -0.1) is 11.3 Å². The number of hydrogen-bond donors (Lipinski definition) is 1. The molecule has 3 rings (SSSR count). The summed E-state index contributed by atoms with van der Waals surface area (Å²) in [4.78, 5) is 5.88. The predicted molar refractivity (Wildman–Crippen MR) is 95.9 cm³/mol. The van der Waals surface area contributed by atoms with E-state index in [0.29, 0.717) is 6.54 Å². The minimum atomic E-state index is 0.161. The molecule has 1 unspecified atom stereocenters. The summed E-state index contributed by atoms with van der Waals surface area (Å²) >= 11 is 11.3. The number of thiophene rings is 1. The quantitative estimate of drug-likeness (QED) is 0.861. The van der Waals surface area contributed by atoms with Crippen LogP contribution < -0.4 is 15.5 Å². The van der Waals surface area contributed by atoms with Crippen LogP contribution in [0.3, 0.4) is 0 Å². The smallest absolute Gasteiger partial charge is 0.107 e. The lowest BCUT2D eigenvalue weighted by Gasteiger charge is -2.41. The van der Waals surface area contributed by atoms with Crippen molar-refractivity contribution in [1.29, 1.82) is 0 Å². The monoisotopic (exact) mass is 385 g/mol. The number of hydrogen-bond acceptors (Lipinski definition) is 4. The molecule has 0 amide bonds. The van der Waals surface area contributed by atoms with Crippen LogP contribution in [0.15, 0.2) is 34.8 Å². The van der Waals surface area contributed by atoms with Gasteiger partial charge in [-0.25, -0.2) is 0 Å². The molecule has 1 aliphatic rings. The van der Waals surface area contributed by atoms with Crippen LogP contribution in [0.2, 0.25) is 4.34 Å². The highest BCUT2D eigenvalue weighted by Crippen LogP contribution is 2.41. The highest BCUT2D eigenvalue weighted by Gasteiger charge is 2.27. The standard InChI is InChI=1S/C15H17BrClN3S/c1-19-6-7-20(12-5-3-2-4-11(12)19)13(9-18)14-8-10(16)15(17)21-14/h2-5,8,13H,6-7,9,18H2,1H3. The van der Waals surface area contributed by atoms with E-state index in [1.54, 1.807) is 11.3 Å². The third kappa shape index (κ3) is 2.80. The number of likely N-dealkylation sites (N-methyl/N-ethyl adjacent to an activating group) is 1. The van der Waals surface area contributed by atoms with Crippen molar-refractivity contribution < 1.29 is 0 Å². The van der Waals surface area contributed by atoms with Crippen LogP contribution in [0.5, 0.6) is 0 Å². The Labute approximate surface area is 142 Å². The number of halogens is 2. The molecule has 2 N–H and O–H groups in total. The molecule has 2 heterocycles. The van der Waals surface area contributed by atoms with E-state index < -0.39 is 0 Å². The first kappa shape index (κ1) is 15.2. The van der Waals surface area contributed by atoms with Crippen LogP contribution in [-0.4, -0.2) is 26.7 Å². The summed E-state index contributed by atoms with van der Waals surface area (Å²) < 4.78 is 1.73. The van der Waals surface area contributed by atoms with Gasteiger partial charge in [0.1, 0.15) is 4.34 Å². The Morgan fingerprint density at radius 1 is 1.33 bits per heavy atom. The number of nitrogens with two attached hydrogens (primary N) is 1. The Hall–Kier alpha value is -0.750. The second kappa shape index (κ2) is 6.16. The average molecular weight is 387 g/mol. The van der Waals surface area contributed by atoms with Crippen molar-refractivity contribution in [3.63, 3.8) is 0 Å². The number of benzene rings is 1. The van der Waals surface area contributed by atoms with Gasteiger partial charge in [-0.2, -0.15) is 0 Å². The van der Waals surface area contributed by atoms with E-state index >= 15 is 0 Å². The zero-order valence-electron chi connectivity index (χ0n) is 11.7. The van der Waals surface area contributed by atoms with Gasteiger partial charge >= 0.3 is 0 Å². The first-order valence-corrected chi connectivity index (χ1v) is 8.82. The summed E-state index contributed by atoms with van der Waals surface area (Å²) in [7, 11) is 2.13. The molecule has 1 aliphatic heterocycles. The van der Waals surface area contributed by atoms with Gasteiger partial charge in [0.05, 0.1) is 17.4 Å². The van der Waals surface area contributed by atoms with Crippen LogP contribution in [0.4, 0.5) is 11.4 Å². The Bertz CT molecular complexity index is 626. The number of nitrogens with zero attached hydrogens (tertiary/aromatic N) is 2. The summed E-state index contributed by atoms with van der Waals surface area (Å²) in [5, 5.41) is 0. The number of para-hydroxylation sites is 2. The second-order valence-corrected chi connectivity index (χ2v) is 7.67. The van der Waals surface area contributed by atoms with Gasteiger partial charge < -0.3 is 15.5 Å². The van der Waals surface area contributed by atoms with Gasteiger partial charge in [-0.1, -0.05) is 23.7 Å². The molecule has 1 atom stereocenters. The molecule has 2 aromatic rings. The summed E-state index contributed by atoms with van der Waals surface area (Å²) in [6.45, 7) is 2.53. The summed E-state index contributed by atoms with van der Waals surface area (Å²) in [5.41, 5.74) is 8.57. The Morgan fingerprint density at radius 2 is 2.05 bits per heavy atom. The van der Waals surface area contributed by atoms with E-state index in [9.17, 15) is 0 Å². The lowest BCUT2D eigenvalue weighted by molar-refractivity contribution is 0.618. The molecule has 0 saturated heterocycles. The lowest BCUT2D eigenvalue weighted by Crippen LogP contribution is -2.43. The van der Waals surface area contributed by atoms with Crippen LogP contribution in [0.1, 0.15) is 10.9 Å². The lowest BCUT2D eigenvalue weighted by atomic mass is 10.1. The van der Waals surface area contributed by atoms with Gasteiger partial charge in [-0.3, -0.25) is 0 Å². The van der Waals surface area contributed by atoms with Crippen molar-refractivity contribution in [3.8, 4) is 0 Å². The molecule has 1 aromatic heterocycles. The van der Waals surface area contributed by atoms with E-state index in [4.69, 9.17) is 17.3 Å². The van der Waals surface area contributed by atoms with Crippen molar-refractivity contribution >= 4 is 50.2 Å². The van der Waals surface area contributed by atoms with E-state index in [0.717, 1.165) is 21.9 Å². The molecule has 0 saturated carbocycles. The zero-order chi connectivity index (χ0) is 15.0. The maximum absolute atomic E-state index is 6.20. The topological polar surface area (TPSA) is 32.5 Å². The van der Waals surface area contributed by atoms with Crippen LogP contribution in [0, 0.1) is 0 Å². The average Bonchev–Trinajstić information content (AvgIpc) is 2.82. The molecular formula is C15H17BrClN3S. The molecule has 6 heteroatoms. The van der Waals surface area contributed by atoms with E-state index in [1.165, 1.54) is 16.3 Å². The molecule has 0 aliphatic carbocycles. The largest absolute Gasteiger partial charge is 0.371 e. The maximum atomic E-state index is 6.20. The van der Waals surface area contributed by atoms with E-state index in [-0.39, 0.29) is 6.04 Å². The van der Waals surface area contributed by atoms with Crippen LogP contribution in [-0.2, 0) is 0 Å². The van der Waals surface area contributed by atoms with Gasteiger partial charge in [0.2, 0.25) is 0 Å². The van der Waals surface area contributed by atoms with Crippen LogP contribution in [0.25, 0.3) is 0 Å². The van der Waals surface area contributed by atoms with Crippen molar-refractivity contribution in [2.24, 2.45) is 5.73 Å². The van der Waals surface area contributed by atoms with Gasteiger partial charge in [0.25, 0.3) is 0 Å². The van der Waals surface area contributed by atoms with Gasteiger partial charge in [-0.05, 0) is 34.1 Å². The van der Waals surface area contributed by atoms with Gasteiger partial charge in [0.15, 0.2) is 0 Å². The highest BCUT2D eigenvalue weighted by atomic mass is 79.9. The summed E-state index contributed by atoms with van der Waals surface area (Å²) in [5.74, 6) is 0. The predicted octanol–water partition coefficient (Wildman–Crippen LogP) is 4.12. The minimum Gasteiger partial charge on any atom is -0.371 e. The van der Waals surface area contributed by atoms with Crippen LogP contribution >= 0.6 is 38.9 Å². The number of anilines is 2. The Balaban J connectivity index is 2.00. The second-order valence-electron chi connectivity index (χ2n) is 5.13. The molecular weight excluding hydrogens is 370 g/mol. The molecule has 112 valence electrons. The minimum absolute atomic E-state index is 0.161. The SMILES string of the molecule is CN1CCN(C(CN)c2cc(Br)c(Cl)s2)c2ccccc21. The molecule has 0 bridgehead atoms. The van der Waals surface area contributed by atoms with E-state index in [2.05, 4.69) is 63.1 Å². The third-order valence-electron chi connectivity index (χ3n) is 3.87. The van der Waals surface area contributed by atoms with Gasteiger partial charge in [0, 0.05) is 36.0 Å². The summed E-state index contributed by atoms with van der Waals surface area (Å²) in [6.07, 6.45) is 0. The fourth-order valence-corrected chi connectivity index (χ4v) is 4.64. The van der Waals surface area contributed by atoms with Crippen molar-refractivity contribution in [2.75, 3.05) is 36.5 Å². The molecule has 1 aromatic carbocycles. The summed E-state index contributed by atoms with van der Waals surface area (Å²) in [6, 6.07) is 10.7. The molecule has 3 nitrogen and oxygen atoms in total. The van der Waals surface area contributed by atoms with E-state index in [1.807, 2.05) is 0 Å². The number of fused-ring (bicyclic) bond motifs is 1. The molecule has 21 heavy (non-hydrogen) atoms. The molecule has 0 fully saturated rings. The first-order valence-electron chi connectivity index (χ1n) is 6.83. The molecule has 0 radical (unpaired) electrons. The fourth-order valence-electron chi connectivity index (χ4n) is 2.78. The zero-order valence-corrected chi connectivity index (χ0v) is 14.9. The van der Waals surface area contributed by atoms with Crippen molar-refractivity contribution in [3.05, 3.63) is 44.0 Å². The molecule has 0 spiro atoms. The fraction of sp³-hybridized carbons (Fsp3) is 0.333. The normalized spacial score (nSPS) is 16.0. The Kier molecular flexibility index (Phi) is 4.45. The third-order valence-corrected chi connectivity index (χ3v) is 6.45. The van der Waals surface area contributed by atoms with Crippen molar-refractivity contribution in [1.82, 2.24) is 0 Å². The Morgan fingerprint density at radius 3 is 2.67 bits per heavy atom.